The lowest BCUT2D eigenvalue weighted by Gasteiger charge is -2.12. The number of nitrogens with zero attached hydrogens (tertiary/aromatic N) is 3. The highest BCUT2D eigenvalue weighted by molar-refractivity contribution is 6.03. The lowest BCUT2D eigenvalue weighted by Crippen LogP contribution is -2.02. The Bertz CT molecular complexity index is 850. The number of fused-ring (bicyclic) bond motifs is 3. The average Bonchev–Trinajstić information content (AvgIpc) is 2.97. The van der Waals surface area contributed by atoms with Gasteiger partial charge in [0.1, 0.15) is 11.3 Å². The zero-order valence-corrected chi connectivity index (χ0v) is 14.0. The van der Waals surface area contributed by atoms with Crippen molar-refractivity contribution in [2.24, 2.45) is 0 Å². The van der Waals surface area contributed by atoms with Crippen molar-refractivity contribution in [2.45, 2.75) is 52.5 Å². The lowest BCUT2D eigenvalue weighted by molar-refractivity contribution is -0.117. The Morgan fingerprint density at radius 2 is 2.09 bits per heavy atom. The van der Waals surface area contributed by atoms with Crippen LogP contribution in [0.1, 0.15) is 51.6 Å². The molecule has 4 nitrogen and oxygen atoms in total. The molecule has 0 aliphatic carbocycles. The van der Waals surface area contributed by atoms with Gasteiger partial charge in [0.15, 0.2) is 0 Å². The Morgan fingerprint density at radius 1 is 1.30 bits per heavy atom. The molecule has 0 amide bonds. The highest BCUT2D eigenvalue weighted by Crippen LogP contribution is 2.30. The molecule has 0 fully saturated rings. The van der Waals surface area contributed by atoms with E-state index in [1.165, 1.54) is 0 Å². The fourth-order valence-electron chi connectivity index (χ4n) is 3.01. The molecule has 3 aromatic rings. The Labute approximate surface area is 136 Å². The van der Waals surface area contributed by atoms with Crippen molar-refractivity contribution in [3.8, 4) is 0 Å². The van der Waals surface area contributed by atoms with E-state index in [-0.39, 0.29) is 5.78 Å². The highest BCUT2D eigenvalue weighted by atomic mass is 16.1. The Morgan fingerprint density at radius 3 is 2.83 bits per heavy atom. The van der Waals surface area contributed by atoms with Gasteiger partial charge in [0.25, 0.3) is 0 Å². The van der Waals surface area contributed by atoms with Gasteiger partial charge < -0.3 is 9.36 Å². The molecule has 3 rings (SSSR count). The van der Waals surface area contributed by atoms with Crippen LogP contribution in [-0.2, 0) is 11.3 Å². The normalized spacial score (nSPS) is 12.8. The first-order valence-corrected chi connectivity index (χ1v) is 8.34. The van der Waals surface area contributed by atoms with Crippen molar-refractivity contribution in [2.75, 3.05) is 0 Å². The second kappa shape index (κ2) is 6.49. The van der Waals surface area contributed by atoms with Crippen molar-refractivity contribution in [1.82, 2.24) is 14.5 Å². The van der Waals surface area contributed by atoms with E-state index in [9.17, 15) is 4.79 Å². The number of carbonyl (C=O) groups is 1. The first-order chi connectivity index (χ1) is 11.1. The number of aryl methyl sites for hydroxylation is 1. The average molecular weight is 309 g/mol. The van der Waals surface area contributed by atoms with Crippen LogP contribution in [-0.4, -0.2) is 20.3 Å². The molecule has 2 heterocycles. The number of hydrogen-bond donors (Lipinski definition) is 0. The Balaban J connectivity index is 2.15. The number of benzene rings is 1. The van der Waals surface area contributed by atoms with Crippen molar-refractivity contribution in [3.05, 3.63) is 36.3 Å². The minimum absolute atomic E-state index is 0.237. The van der Waals surface area contributed by atoms with Crippen LogP contribution in [0.3, 0.4) is 0 Å². The van der Waals surface area contributed by atoms with E-state index in [4.69, 9.17) is 4.98 Å². The summed E-state index contributed by atoms with van der Waals surface area (Å²) in [7, 11) is 0. The summed E-state index contributed by atoms with van der Waals surface area (Å²) >= 11 is 0. The first kappa shape index (κ1) is 15.7. The summed E-state index contributed by atoms with van der Waals surface area (Å²) in [6.07, 6.45) is 4.39. The predicted molar refractivity (Wildman–Crippen MR) is 93.7 cm³/mol. The molecule has 0 N–H and O–H groups in total. The molecule has 0 radical (unpaired) electrons. The van der Waals surface area contributed by atoms with E-state index < -0.39 is 0 Å². The van der Waals surface area contributed by atoms with E-state index in [0.29, 0.717) is 12.3 Å². The molecular formula is C19H23N3O. The summed E-state index contributed by atoms with van der Waals surface area (Å²) in [5.41, 5.74) is 4.24. The second-order valence-corrected chi connectivity index (χ2v) is 6.26. The van der Waals surface area contributed by atoms with Crippen LogP contribution >= 0.6 is 0 Å². The molecule has 0 saturated heterocycles. The number of imidazole rings is 1. The Kier molecular flexibility index (Phi) is 4.42. The monoisotopic (exact) mass is 309 g/mol. The number of rotatable bonds is 6. The smallest absolute Gasteiger partial charge is 0.129 e. The lowest BCUT2D eigenvalue weighted by atomic mass is 10.0. The van der Waals surface area contributed by atoms with Gasteiger partial charge in [0.05, 0.1) is 23.1 Å². The molecule has 0 aliphatic heterocycles. The van der Waals surface area contributed by atoms with Gasteiger partial charge in [-0.05, 0) is 25.8 Å². The van der Waals surface area contributed by atoms with Crippen LogP contribution in [0.15, 0.2) is 30.6 Å². The molecular weight excluding hydrogens is 286 g/mol. The molecule has 23 heavy (non-hydrogen) atoms. The number of Topliss-reactive ketones (excluding diaryl/α,β-unsaturated/α-hetero) is 1. The van der Waals surface area contributed by atoms with Gasteiger partial charge in [-0.3, -0.25) is 4.98 Å². The van der Waals surface area contributed by atoms with Crippen molar-refractivity contribution < 1.29 is 4.79 Å². The first-order valence-electron chi connectivity index (χ1n) is 8.34. The third-order valence-electron chi connectivity index (χ3n) is 4.49. The zero-order valence-electron chi connectivity index (χ0n) is 14.0. The standard InChI is InChI=1S/C19H23N3O/c1-4-13(2)17-18-19(15-9-5-6-10-16(15)21-17)22(12-20-18)11-7-8-14(3)23/h5-6,9-10,12-13H,4,7-8,11H2,1-3H3. The van der Waals surface area contributed by atoms with Gasteiger partial charge in [-0.1, -0.05) is 32.0 Å². The molecule has 1 unspecified atom stereocenters. The fourth-order valence-corrected chi connectivity index (χ4v) is 3.01. The largest absolute Gasteiger partial charge is 0.330 e. The van der Waals surface area contributed by atoms with Gasteiger partial charge >= 0.3 is 0 Å². The minimum atomic E-state index is 0.237. The molecule has 4 heteroatoms. The molecule has 0 aliphatic rings. The Hall–Kier alpha value is -2.23. The van der Waals surface area contributed by atoms with Crippen molar-refractivity contribution in [3.63, 3.8) is 0 Å². The van der Waals surface area contributed by atoms with E-state index in [0.717, 1.165) is 47.0 Å². The van der Waals surface area contributed by atoms with Crippen LogP contribution in [0.4, 0.5) is 0 Å². The summed E-state index contributed by atoms with van der Waals surface area (Å²) < 4.78 is 2.17. The molecule has 0 spiro atoms. The van der Waals surface area contributed by atoms with E-state index in [1.54, 1.807) is 6.92 Å². The maximum atomic E-state index is 11.2. The number of aromatic nitrogens is 3. The molecule has 1 atom stereocenters. The summed E-state index contributed by atoms with van der Waals surface area (Å²) in [6.45, 7) is 6.83. The third kappa shape index (κ3) is 2.98. The van der Waals surface area contributed by atoms with Crippen molar-refractivity contribution >= 4 is 27.7 Å². The van der Waals surface area contributed by atoms with Gasteiger partial charge in [0.2, 0.25) is 0 Å². The van der Waals surface area contributed by atoms with Crippen LogP contribution < -0.4 is 0 Å². The van der Waals surface area contributed by atoms with Crippen LogP contribution in [0, 0.1) is 0 Å². The topological polar surface area (TPSA) is 47.8 Å². The number of pyridine rings is 1. The zero-order chi connectivity index (χ0) is 16.4. The van der Waals surface area contributed by atoms with Crippen LogP contribution in [0.5, 0.6) is 0 Å². The van der Waals surface area contributed by atoms with E-state index in [1.807, 2.05) is 18.5 Å². The van der Waals surface area contributed by atoms with E-state index in [2.05, 4.69) is 35.5 Å². The maximum Gasteiger partial charge on any atom is 0.129 e. The van der Waals surface area contributed by atoms with Gasteiger partial charge in [-0.25, -0.2) is 4.98 Å². The molecule has 2 aromatic heterocycles. The second-order valence-electron chi connectivity index (χ2n) is 6.26. The van der Waals surface area contributed by atoms with Crippen molar-refractivity contribution in [1.29, 1.82) is 0 Å². The quantitative estimate of drug-likeness (QED) is 0.675. The summed E-state index contributed by atoms with van der Waals surface area (Å²) in [4.78, 5) is 20.7. The summed E-state index contributed by atoms with van der Waals surface area (Å²) in [5, 5.41) is 1.13. The van der Waals surface area contributed by atoms with Crippen LogP contribution in [0.2, 0.25) is 0 Å². The number of ketones is 1. The third-order valence-corrected chi connectivity index (χ3v) is 4.49. The van der Waals surface area contributed by atoms with Crippen LogP contribution in [0.25, 0.3) is 21.9 Å². The van der Waals surface area contributed by atoms with Gasteiger partial charge in [0, 0.05) is 24.3 Å². The SMILES string of the molecule is CCC(C)c1nc2ccccc2c2c1ncn2CCCC(C)=O. The number of para-hydroxylation sites is 1. The number of carbonyl (C=O) groups excluding carboxylic acids is 1. The summed E-state index contributed by atoms with van der Waals surface area (Å²) in [5.74, 6) is 0.615. The fraction of sp³-hybridized carbons (Fsp3) is 0.421. The highest BCUT2D eigenvalue weighted by Gasteiger charge is 2.17. The molecule has 1 aromatic carbocycles. The van der Waals surface area contributed by atoms with Gasteiger partial charge in [-0.2, -0.15) is 0 Å². The predicted octanol–water partition coefficient (Wildman–Crippen LogP) is 4.47. The molecule has 0 bridgehead atoms. The molecule has 120 valence electrons. The maximum absolute atomic E-state index is 11.2. The summed E-state index contributed by atoms with van der Waals surface area (Å²) in [6, 6.07) is 8.24. The van der Waals surface area contributed by atoms with Gasteiger partial charge in [-0.15, -0.1) is 0 Å². The number of hydrogen-bond acceptors (Lipinski definition) is 3. The van der Waals surface area contributed by atoms with E-state index >= 15 is 0 Å². The molecule has 0 saturated carbocycles. The minimum Gasteiger partial charge on any atom is -0.330 e.